The Balaban J connectivity index is 0. The predicted molar refractivity (Wildman–Crippen MR) is 123 cm³/mol. The number of carbonyl (C=O) groups is 1. The summed E-state index contributed by atoms with van der Waals surface area (Å²) in [4.78, 5) is 8.00. The Morgan fingerprint density at radius 2 is 0.630 bits per heavy atom. The van der Waals surface area contributed by atoms with Gasteiger partial charge in [-0.1, -0.05) is 79.1 Å². The zero-order valence-electron chi connectivity index (χ0n) is 19.7. The molecule has 0 aliphatic heterocycles. The van der Waals surface area contributed by atoms with Gasteiger partial charge in [0.25, 0.3) is 0 Å². The normalized spacial score (nSPS) is 11.3. The number of hydrogen-bond acceptors (Lipinski definition) is 1. The van der Waals surface area contributed by atoms with Crippen molar-refractivity contribution >= 4 is 6.79 Å². The van der Waals surface area contributed by atoms with Crippen molar-refractivity contribution in [2.45, 2.75) is 130 Å². The third-order valence-corrected chi connectivity index (χ3v) is 5.94. The van der Waals surface area contributed by atoms with Crippen LogP contribution in [0.1, 0.15) is 130 Å². The molecule has 0 N–H and O–H groups in total. The third-order valence-electron chi connectivity index (χ3n) is 5.94. The van der Waals surface area contributed by atoms with Gasteiger partial charge < -0.3 is 9.28 Å². The van der Waals surface area contributed by atoms with Gasteiger partial charge in [0.1, 0.15) is 6.79 Å². The van der Waals surface area contributed by atoms with Gasteiger partial charge in [0.2, 0.25) is 0 Å². The summed E-state index contributed by atoms with van der Waals surface area (Å²) in [6.07, 6.45) is 22.8. The molecule has 0 fully saturated rings. The first kappa shape index (κ1) is 28.8. The fourth-order valence-corrected chi connectivity index (χ4v) is 4.17. The topological polar surface area (TPSA) is 17.1 Å². The fourth-order valence-electron chi connectivity index (χ4n) is 4.17. The fraction of sp³-hybridized carbons (Fsp3) is 0.960. The maximum absolute atomic E-state index is 8.00. The molecule has 2 nitrogen and oxygen atoms in total. The van der Waals surface area contributed by atoms with E-state index in [0.29, 0.717) is 0 Å². The first-order chi connectivity index (χ1) is 13.2. The van der Waals surface area contributed by atoms with Crippen LogP contribution >= 0.6 is 0 Å². The Morgan fingerprint density at radius 1 is 0.407 bits per heavy atom. The van der Waals surface area contributed by atoms with Crippen LogP contribution in [0.15, 0.2) is 0 Å². The average molecular weight is 385 g/mol. The summed E-state index contributed by atoms with van der Waals surface area (Å²) in [7, 11) is 0. The van der Waals surface area contributed by atoms with Crippen molar-refractivity contribution in [1.29, 1.82) is 0 Å². The maximum Gasteiger partial charge on any atom is 0.106 e. The van der Waals surface area contributed by atoms with E-state index >= 15 is 0 Å². The van der Waals surface area contributed by atoms with Crippen molar-refractivity contribution in [3.05, 3.63) is 0 Å². The Bertz CT molecular complexity index is 214. The molecule has 0 heterocycles. The largest absolute Gasteiger partial charge is 0.324 e. The molecule has 0 bridgehead atoms. The van der Waals surface area contributed by atoms with Gasteiger partial charge in [-0.15, -0.1) is 0 Å². The number of quaternary nitrogens is 1. The summed E-state index contributed by atoms with van der Waals surface area (Å²) in [6.45, 7) is 17.2. The van der Waals surface area contributed by atoms with Crippen LogP contribution in [0.25, 0.3) is 0 Å². The van der Waals surface area contributed by atoms with Crippen LogP contribution in [-0.4, -0.2) is 37.5 Å². The summed E-state index contributed by atoms with van der Waals surface area (Å²) >= 11 is 0. The summed E-state index contributed by atoms with van der Waals surface area (Å²) in [6, 6.07) is 0. The van der Waals surface area contributed by atoms with E-state index in [-0.39, 0.29) is 0 Å². The smallest absolute Gasteiger partial charge is 0.106 e. The second-order valence-corrected chi connectivity index (χ2v) is 8.48. The van der Waals surface area contributed by atoms with E-state index in [4.69, 9.17) is 4.79 Å². The minimum absolute atomic E-state index is 1.36. The second-order valence-electron chi connectivity index (χ2n) is 8.48. The number of hydrogen-bond donors (Lipinski definition) is 0. The van der Waals surface area contributed by atoms with Crippen molar-refractivity contribution in [3.8, 4) is 0 Å². The minimum atomic E-state index is 1.36. The standard InChI is InChI=1S/C24H52N.CH2O/c1-5-9-13-17-21-25(22-18-14-10-6-2,23-19-15-11-7-3)24-20-16-12-8-4;1-2/h5-24H2,1-4H3;1H2/q+1;. The molecule has 0 atom stereocenters. The highest BCUT2D eigenvalue weighted by atomic mass is 16.1. The van der Waals surface area contributed by atoms with Gasteiger partial charge >= 0.3 is 0 Å². The molecular formula is C25H54NO+. The lowest BCUT2D eigenvalue weighted by Gasteiger charge is -2.39. The van der Waals surface area contributed by atoms with Crippen LogP contribution in [0.5, 0.6) is 0 Å². The first-order valence-corrected chi connectivity index (χ1v) is 12.4. The van der Waals surface area contributed by atoms with Gasteiger partial charge in [-0.3, -0.25) is 0 Å². The average Bonchev–Trinajstić information content (AvgIpc) is 2.71. The van der Waals surface area contributed by atoms with Crippen LogP contribution in [0, 0.1) is 0 Å². The van der Waals surface area contributed by atoms with E-state index in [1.807, 2.05) is 6.79 Å². The highest BCUT2D eigenvalue weighted by Crippen LogP contribution is 2.19. The molecule has 0 aliphatic rings. The Kier molecular flexibility index (Phi) is 25.3. The summed E-state index contributed by atoms with van der Waals surface area (Å²) in [5.41, 5.74) is 0. The van der Waals surface area contributed by atoms with Crippen LogP contribution in [0.2, 0.25) is 0 Å². The van der Waals surface area contributed by atoms with Gasteiger partial charge in [0.15, 0.2) is 0 Å². The van der Waals surface area contributed by atoms with Crippen molar-refractivity contribution in [2.24, 2.45) is 0 Å². The lowest BCUT2D eigenvalue weighted by atomic mass is 10.1. The minimum Gasteiger partial charge on any atom is -0.324 e. The highest BCUT2D eigenvalue weighted by Gasteiger charge is 2.25. The Morgan fingerprint density at radius 3 is 0.815 bits per heavy atom. The monoisotopic (exact) mass is 384 g/mol. The number of rotatable bonds is 20. The summed E-state index contributed by atoms with van der Waals surface area (Å²) in [5.74, 6) is 0. The molecule has 0 unspecified atom stereocenters. The van der Waals surface area contributed by atoms with Gasteiger partial charge in [-0.05, 0) is 51.4 Å². The van der Waals surface area contributed by atoms with Crippen molar-refractivity contribution in [3.63, 3.8) is 0 Å². The van der Waals surface area contributed by atoms with E-state index in [2.05, 4.69) is 27.7 Å². The number of unbranched alkanes of at least 4 members (excludes halogenated alkanes) is 12. The third kappa shape index (κ3) is 18.7. The number of carbonyl (C=O) groups excluding carboxylic acids is 1. The van der Waals surface area contributed by atoms with Crippen LogP contribution in [0.3, 0.4) is 0 Å². The molecule has 0 spiro atoms. The van der Waals surface area contributed by atoms with Gasteiger partial charge in [-0.2, -0.15) is 0 Å². The van der Waals surface area contributed by atoms with Gasteiger partial charge in [0, 0.05) is 0 Å². The predicted octanol–water partition coefficient (Wildman–Crippen LogP) is 7.94. The highest BCUT2D eigenvalue weighted by molar-refractivity contribution is 5.10. The lowest BCUT2D eigenvalue weighted by molar-refractivity contribution is -0.929. The number of nitrogens with zero attached hydrogens (tertiary/aromatic N) is 1. The molecule has 0 rings (SSSR count). The molecule has 0 aromatic carbocycles. The van der Waals surface area contributed by atoms with Crippen molar-refractivity contribution < 1.29 is 9.28 Å². The van der Waals surface area contributed by atoms with E-state index in [1.54, 1.807) is 0 Å². The Labute approximate surface area is 173 Å². The molecule has 2 heteroatoms. The maximum atomic E-state index is 8.00. The molecule has 0 saturated heterocycles. The first-order valence-electron chi connectivity index (χ1n) is 12.4. The molecular weight excluding hydrogens is 330 g/mol. The molecule has 0 aliphatic carbocycles. The molecule has 0 saturated carbocycles. The van der Waals surface area contributed by atoms with Gasteiger partial charge in [0.05, 0.1) is 26.2 Å². The van der Waals surface area contributed by atoms with Gasteiger partial charge in [-0.25, -0.2) is 0 Å². The van der Waals surface area contributed by atoms with E-state index in [0.717, 1.165) is 0 Å². The molecule has 0 radical (unpaired) electrons. The quantitative estimate of drug-likeness (QED) is 0.154. The lowest BCUT2D eigenvalue weighted by Crippen LogP contribution is -2.50. The Hall–Kier alpha value is -0.370. The van der Waals surface area contributed by atoms with E-state index < -0.39 is 0 Å². The molecule has 0 amide bonds. The molecule has 164 valence electrons. The van der Waals surface area contributed by atoms with Crippen LogP contribution in [-0.2, 0) is 4.79 Å². The van der Waals surface area contributed by atoms with E-state index in [1.165, 1.54) is 133 Å². The second kappa shape index (κ2) is 23.7. The van der Waals surface area contributed by atoms with Crippen LogP contribution < -0.4 is 0 Å². The zero-order valence-corrected chi connectivity index (χ0v) is 19.7. The SMILES string of the molecule is C=O.CCCCCC[N+](CCCCCC)(CCCCCC)CCCCCC. The van der Waals surface area contributed by atoms with Crippen molar-refractivity contribution in [2.75, 3.05) is 26.2 Å². The van der Waals surface area contributed by atoms with Crippen LogP contribution in [0.4, 0.5) is 0 Å². The van der Waals surface area contributed by atoms with E-state index in [9.17, 15) is 0 Å². The molecule has 0 aromatic rings. The van der Waals surface area contributed by atoms with Crippen molar-refractivity contribution in [1.82, 2.24) is 0 Å². The summed E-state index contributed by atoms with van der Waals surface area (Å²) in [5, 5.41) is 0. The summed E-state index contributed by atoms with van der Waals surface area (Å²) < 4.78 is 1.46. The molecule has 0 aromatic heterocycles. The molecule has 27 heavy (non-hydrogen) atoms. The zero-order chi connectivity index (χ0) is 20.6.